The van der Waals surface area contributed by atoms with E-state index in [1.165, 1.54) is 0 Å². The van der Waals surface area contributed by atoms with E-state index in [0.29, 0.717) is 13.1 Å². The number of carboxylic acids is 1. The third-order valence-electron chi connectivity index (χ3n) is 4.33. The van der Waals surface area contributed by atoms with E-state index in [-0.39, 0.29) is 5.41 Å². The van der Waals surface area contributed by atoms with Crippen LogP contribution in [0.2, 0.25) is 0 Å². The van der Waals surface area contributed by atoms with Crippen LogP contribution in [-0.2, 0) is 10.3 Å². The van der Waals surface area contributed by atoms with E-state index in [2.05, 4.69) is 24.1 Å². The number of carboxylic acid groups (broad SMARTS) is 1. The second-order valence-electron chi connectivity index (χ2n) is 6.73. The SMILES string of the molecule is CCNC(CN1CCC(C)(C)C1)(C(=O)O)c1ccccc1. The van der Waals surface area contributed by atoms with Crippen molar-refractivity contribution in [1.82, 2.24) is 10.2 Å². The van der Waals surface area contributed by atoms with E-state index < -0.39 is 11.5 Å². The quantitative estimate of drug-likeness (QED) is 0.844. The van der Waals surface area contributed by atoms with Crippen LogP contribution >= 0.6 is 0 Å². The molecule has 0 radical (unpaired) electrons. The highest BCUT2D eigenvalue weighted by molar-refractivity contribution is 5.81. The number of likely N-dealkylation sites (N-methyl/N-ethyl adjacent to an activating group) is 1. The van der Waals surface area contributed by atoms with E-state index in [0.717, 1.165) is 25.1 Å². The highest BCUT2D eigenvalue weighted by Gasteiger charge is 2.43. The van der Waals surface area contributed by atoms with Gasteiger partial charge in [0.15, 0.2) is 5.54 Å². The number of rotatable bonds is 6. The molecule has 1 heterocycles. The van der Waals surface area contributed by atoms with Crippen LogP contribution in [0.25, 0.3) is 0 Å². The standard InChI is InChI=1S/C17H26N2O2/c1-4-18-17(15(20)21,14-8-6-5-7-9-14)13-19-11-10-16(2,3)12-19/h5-9,18H,4,10-13H2,1-3H3,(H,20,21). The molecule has 1 saturated heterocycles. The van der Waals surface area contributed by atoms with Crippen LogP contribution in [0.1, 0.15) is 32.8 Å². The first-order valence-electron chi connectivity index (χ1n) is 7.66. The third-order valence-corrected chi connectivity index (χ3v) is 4.33. The van der Waals surface area contributed by atoms with Gasteiger partial charge in [0, 0.05) is 13.1 Å². The van der Waals surface area contributed by atoms with Gasteiger partial charge < -0.3 is 5.11 Å². The Morgan fingerprint density at radius 1 is 1.38 bits per heavy atom. The number of likely N-dealkylation sites (tertiary alicyclic amines) is 1. The first-order chi connectivity index (χ1) is 9.89. The Kier molecular flexibility index (Phi) is 4.69. The van der Waals surface area contributed by atoms with Gasteiger partial charge in [-0.05, 0) is 30.5 Å². The summed E-state index contributed by atoms with van der Waals surface area (Å²) in [7, 11) is 0. The zero-order valence-corrected chi connectivity index (χ0v) is 13.2. The van der Waals surface area contributed by atoms with E-state index in [1.54, 1.807) is 0 Å². The van der Waals surface area contributed by atoms with Crippen LogP contribution in [-0.4, -0.2) is 42.2 Å². The Balaban J connectivity index is 2.30. The normalized spacial score (nSPS) is 21.1. The lowest BCUT2D eigenvalue weighted by Gasteiger charge is -2.35. The van der Waals surface area contributed by atoms with Gasteiger partial charge >= 0.3 is 5.97 Å². The first-order valence-corrected chi connectivity index (χ1v) is 7.66. The van der Waals surface area contributed by atoms with Gasteiger partial charge in [-0.25, -0.2) is 4.79 Å². The molecule has 4 heteroatoms. The van der Waals surface area contributed by atoms with Gasteiger partial charge in [0.2, 0.25) is 0 Å². The molecule has 0 aromatic heterocycles. The molecule has 21 heavy (non-hydrogen) atoms. The summed E-state index contributed by atoms with van der Waals surface area (Å²) in [5.74, 6) is -0.805. The fourth-order valence-corrected chi connectivity index (χ4v) is 3.24. The molecule has 116 valence electrons. The van der Waals surface area contributed by atoms with Crippen molar-refractivity contribution in [2.45, 2.75) is 32.7 Å². The minimum Gasteiger partial charge on any atom is -0.480 e. The molecule has 0 amide bonds. The molecule has 1 aromatic rings. The summed E-state index contributed by atoms with van der Waals surface area (Å²) in [6.45, 7) is 9.47. The highest BCUT2D eigenvalue weighted by Crippen LogP contribution is 2.32. The van der Waals surface area contributed by atoms with E-state index >= 15 is 0 Å². The molecule has 1 atom stereocenters. The Morgan fingerprint density at radius 2 is 2.05 bits per heavy atom. The maximum Gasteiger partial charge on any atom is 0.329 e. The molecule has 0 aliphatic carbocycles. The van der Waals surface area contributed by atoms with Crippen LogP contribution < -0.4 is 5.32 Å². The number of hydrogen-bond donors (Lipinski definition) is 2. The fraction of sp³-hybridized carbons (Fsp3) is 0.588. The summed E-state index contributed by atoms with van der Waals surface area (Å²) in [6, 6.07) is 9.52. The van der Waals surface area contributed by atoms with Crippen molar-refractivity contribution < 1.29 is 9.90 Å². The predicted molar refractivity (Wildman–Crippen MR) is 84.3 cm³/mol. The minimum atomic E-state index is -1.03. The summed E-state index contributed by atoms with van der Waals surface area (Å²) >= 11 is 0. The number of benzene rings is 1. The van der Waals surface area contributed by atoms with Gasteiger partial charge in [0.1, 0.15) is 0 Å². The van der Waals surface area contributed by atoms with Crippen LogP contribution in [0.5, 0.6) is 0 Å². The molecular formula is C17H26N2O2. The predicted octanol–water partition coefficient (Wildman–Crippen LogP) is 2.31. The molecule has 1 fully saturated rings. The summed E-state index contributed by atoms with van der Waals surface area (Å²) in [5.41, 5.74) is 0.0629. The molecular weight excluding hydrogens is 264 g/mol. The molecule has 0 spiro atoms. The molecule has 0 bridgehead atoms. The topological polar surface area (TPSA) is 52.6 Å². The Labute approximate surface area is 127 Å². The minimum absolute atomic E-state index is 0.271. The van der Waals surface area contributed by atoms with Gasteiger partial charge in [-0.2, -0.15) is 0 Å². The summed E-state index contributed by atoms with van der Waals surface area (Å²) < 4.78 is 0. The van der Waals surface area contributed by atoms with Crippen LogP contribution in [0.4, 0.5) is 0 Å². The second kappa shape index (κ2) is 6.16. The molecule has 1 aliphatic rings. The zero-order valence-electron chi connectivity index (χ0n) is 13.2. The first kappa shape index (κ1) is 16.0. The highest BCUT2D eigenvalue weighted by atomic mass is 16.4. The number of carbonyl (C=O) groups is 1. The van der Waals surface area contributed by atoms with Crippen molar-refractivity contribution in [2.75, 3.05) is 26.2 Å². The number of nitrogens with one attached hydrogen (secondary N) is 1. The van der Waals surface area contributed by atoms with Crippen molar-refractivity contribution in [3.05, 3.63) is 35.9 Å². The van der Waals surface area contributed by atoms with E-state index in [9.17, 15) is 9.90 Å². The van der Waals surface area contributed by atoms with Crippen molar-refractivity contribution in [3.8, 4) is 0 Å². The lowest BCUT2D eigenvalue weighted by Crippen LogP contribution is -2.56. The molecule has 1 unspecified atom stereocenters. The maximum atomic E-state index is 12.1. The molecule has 1 aliphatic heterocycles. The third kappa shape index (κ3) is 3.44. The summed E-state index contributed by atoms with van der Waals surface area (Å²) in [6.07, 6.45) is 1.11. The Hall–Kier alpha value is -1.39. The van der Waals surface area contributed by atoms with Crippen molar-refractivity contribution in [2.24, 2.45) is 5.41 Å². The number of nitrogens with zero attached hydrogens (tertiary/aromatic N) is 1. The van der Waals surface area contributed by atoms with E-state index in [4.69, 9.17) is 0 Å². The molecule has 2 N–H and O–H groups in total. The smallest absolute Gasteiger partial charge is 0.329 e. The van der Waals surface area contributed by atoms with Gasteiger partial charge in [-0.1, -0.05) is 51.1 Å². The van der Waals surface area contributed by atoms with Crippen LogP contribution in [0.15, 0.2) is 30.3 Å². The van der Waals surface area contributed by atoms with Gasteiger partial charge in [0.05, 0.1) is 0 Å². The van der Waals surface area contributed by atoms with Gasteiger partial charge in [-0.15, -0.1) is 0 Å². The summed E-state index contributed by atoms with van der Waals surface area (Å²) in [4.78, 5) is 14.3. The van der Waals surface area contributed by atoms with Gasteiger partial charge in [0.25, 0.3) is 0 Å². The zero-order chi connectivity index (χ0) is 15.5. The Bertz CT molecular complexity index is 487. The molecule has 1 aromatic carbocycles. The average Bonchev–Trinajstić information content (AvgIpc) is 2.78. The largest absolute Gasteiger partial charge is 0.480 e. The lowest BCUT2D eigenvalue weighted by atomic mass is 9.88. The van der Waals surface area contributed by atoms with Crippen LogP contribution in [0.3, 0.4) is 0 Å². The number of aliphatic carboxylic acids is 1. The average molecular weight is 290 g/mol. The fourth-order valence-electron chi connectivity index (χ4n) is 3.24. The number of hydrogen-bond acceptors (Lipinski definition) is 3. The molecule has 2 rings (SSSR count). The van der Waals surface area contributed by atoms with Gasteiger partial charge in [-0.3, -0.25) is 10.2 Å². The van der Waals surface area contributed by atoms with Crippen molar-refractivity contribution in [3.63, 3.8) is 0 Å². The van der Waals surface area contributed by atoms with Crippen molar-refractivity contribution in [1.29, 1.82) is 0 Å². The maximum absolute atomic E-state index is 12.1. The molecule has 4 nitrogen and oxygen atoms in total. The lowest BCUT2D eigenvalue weighted by molar-refractivity contribution is -0.146. The molecule has 0 saturated carbocycles. The summed E-state index contributed by atoms with van der Waals surface area (Å²) in [5, 5.41) is 13.1. The van der Waals surface area contributed by atoms with E-state index in [1.807, 2.05) is 37.3 Å². The van der Waals surface area contributed by atoms with Crippen LogP contribution in [0, 0.1) is 5.41 Å². The van der Waals surface area contributed by atoms with Crippen molar-refractivity contribution >= 4 is 5.97 Å². The Morgan fingerprint density at radius 3 is 2.52 bits per heavy atom. The monoisotopic (exact) mass is 290 g/mol. The second-order valence-corrected chi connectivity index (χ2v) is 6.73.